The Labute approximate surface area is 247 Å². The number of rotatable bonds is 10. The summed E-state index contributed by atoms with van der Waals surface area (Å²) in [6, 6.07) is 25.4. The van der Waals surface area contributed by atoms with E-state index in [-0.39, 0.29) is 35.3 Å². The highest BCUT2D eigenvalue weighted by Crippen LogP contribution is 2.63. The molecule has 0 atom stereocenters. The molecule has 5 heteroatoms. The third kappa shape index (κ3) is 5.83. The lowest BCUT2D eigenvalue weighted by Gasteiger charge is -2.60. The third-order valence-electron chi connectivity index (χ3n) is 9.94. The number of hydrogen-bond donors (Lipinski definition) is 0. The lowest BCUT2D eigenvalue weighted by atomic mass is 9.45. The molecule has 0 saturated heterocycles. The number of benzene rings is 3. The normalized spacial score (nSPS) is 26.2. The number of Topliss-reactive ketones (excluding diaryl/α,β-unsaturated/α-hetero) is 1. The van der Waals surface area contributed by atoms with Crippen LogP contribution in [0.15, 0.2) is 87.5 Å². The van der Waals surface area contributed by atoms with Gasteiger partial charge in [0.05, 0.1) is 10.9 Å². The van der Waals surface area contributed by atoms with Crippen molar-refractivity contribution in [2.24, 2.45) is 29.1 Å². The lowest BCUT2D eigenvalue weighted by Crippen LogP contribution is -2.52. The third-order valence-corrected chi connectivity index (χ3v) is 12.1. The summed E-state index contributed by atoms with van der Waals surface area (Å²) in [4.78, 5) is 29.3. The molecule has 3 aromatic carbocycles. The van der Waals surface area contributed by atoms with Crippen LogP contribution in [0.25, 0.3) is 0 Å². The molecule has 4 nitrogen and oxygen atoms in total. The van der Waals surface area contributed by atoms with Crippen molar-refractivity contribution in [2.45, 2.75) is 74.0 Å². The van der Waals surface area contributed by atoms with Gasteiger partial charge in [0.1, 0.15) is 12.4 Å². The quantitative estimate of drug-likeness (QED) is 0.185. The van der Waals surface area contributed by atoms with Gasteiger partial charge < -0.3 is 9.47 Å². The maximum atomic E-state index is 12.9. The Kier molecular flexibility index (Phi) is 8.00. The zero-order valence-electron chi connectivity index (χ0n) is 24.4. The van der Waals surface area contributed by atoms with E-state index in [1.54, 1.807) is 0 Å². The summed E-state index contributed by atoms with van der Waals surface area (Å²) in [5, 5.41) is 0. The fraction of sp³-hybridized carbons (Fsp3) is 0.444. The first-order valence-electron chi connectivity index (χ1n) is 15.1. The van der Waals surface area contributed by atoms with Crippen molar-refractivity contribution in [3.63, 3.8) is 0 Å². The topological polar surface area (TPSA) is 52.6 Å². The van der Waals surface area contributed by atoms with Crippen molar-refractivity contribution in [3.8, 4) is 5.75 Å². The van der Waals surface area contributed by atoms with Gasteiger partial charge in [0.2, 0.25) is 0 Å². The van der Waals surface area contributed by atoms with Gasteiger partial charge in [-0.2, -0.15) is 0 Å². The van der Waals surface area contributed by atoms with Gasteiger partial charge >= 0.3 is 5.97 Å². The van der Waals surface area contributed by atoms with Gasteiger partial charge in [0, 0.05) is 18.6 Å². The van der Waals surface area contributed by atoms with E-state index >= 15 is 0 Å². The summed E-state index contributed by atoms with van der Waals surface area (Å²) in [5.41, 5.74) is 2.02. The minimum absolute atomic E-state index is 0.0406. The first kappa shape index (κ1) is 28.1. The molecule has 7 rings (SSSR count). The number of carbonyl (C=O) groups is 2. The highest BCUT2D eigenvalue weighted by molar-refractivity contribution is 7.97. The fourth-order valence-corrected chi connectivity index (χ4v) is 10.4. The van der Waals surface area contributed by atoms with Crippen LogP contribution in [-0.4, -0.2) is 25.0 Å². The molecule has 0 spiro atoms. The second-order valence-corrected chi connectivity index (χ2v) is 14.8. The van der Waals surface area contributed by atoms with E-state index in [9.17, 15) is 9.59 Å². The van der Waals surface area contributed by atoms with Gasteiger partial charge in [0.15, 0.2) is 27.1 Å². The summed E-state index contributed by atoms with van der Waals surface area (Å²) < 4.78 is 11.4. The Bertz CT molecular complexity index is 1310. The van der Waals surface area contributed by atoms with Crippen molar-refractivity contribution in [3.05, 3.63) is 83.9 Å². The Hall–Kier alpha value is -3.05. The van der Waals surface area contributed by atoms with Crippen LogP contribution in [0.3, 0.4) is 0 Å². The Morgan fingerprint density at radius 2 is 1.27 bits per heavy atom. The first-order chi connectivity index (χ1) is 19.8. The van der Waals surface area contributed by atoms with E-state index < -0.39 is 5.97 Å². The molecule has 4 bridgehead atoms. The number of esters is 1. The molecule has 0 unspecified atom stereocenters. The largest absolute Gasteiger partial charge is 0.481 e. The number of hydrogen-bond acceptors (Lipinski definition) is 4. The molecule has 4 aliphatic carbocycles. The van der Waals surface area contributed by atoms with Crippen LogP contribution < -0.4 is 4.74 Å². The van der Waals surface area contributed by atoms with Gasteiger partial charge in [-0.15, -0.1) is 0 Å². The summed E-state index contributed by atoms with van der Waals surface area (Å²) in [7, 11) is -0.258. The van der Waals surface area contributed by atoms with Crippen molar-refractivity contribution < 1.29 is 19.1 Å². The summed E-state index contributed by atoms with van der Waals surface area (Å²) in [6.45, 7) is 5.99. The minimum atomic E-state index is -0.496. The van der Waals surface area contributed by atoms with E-state index in [1.165, 1.54) is 46.8 Å². The van der Waals surface area contributed by atoms with Crippen molar-refractivity contribution >= 4 is 22.6 Å². The minimum Gasteiger partial charge on any atom is -0.481 e. The number of ether oxygens (including phenoxy) is 2. The van der Waals surface area contributed by atoms with Crippen LogP contribution in [0.5, 0.6) is 5.75 Å². The van der Waals surface area contributed by atoms with E-state index in [4.69, 9.17) is 9.47 Å². The number of carbonyl (C=O) groups excluding carboxylic acids is 2. The number of ketones is 1. The van der Waals surface area contributed by atoms with Crippen LogP contribution in [0, 0.1) is 42.9 Å². The molecule has 4 aliphatic rings. The standard InChI is InChI=1S/C36H41O4S/c1-24-14-33(41(31-10-6-4-7-11-31)32-12-8-5-9-13-32)15-25(2)35(24)40-23-34(38)39-22-30(37)21-36(3)28-17-26-16-27(19-28)20-29(36)18-26/h4-15,26-29H,16-23H2,1-3H3/q+1. The first-order valence-corrected chi connectivity index (χ1v) is 16.3. The van der Waals surface area contributed by atoms with Gasteiger partial charge in [-0.1, -0.05) is 43.3 Å². The molecular weight excluding hydrogens is 528 g/mol. The summed E-state index contributed by atoms with van der Waals surface area (Å²) in [5.74, 6) is 3.30. The van der Waals surface area contributed by atoms with Crippen LogP contribution in [0.1, 0.15) is 56.6 Å². The van der Waals surface area contributed by atoms with Crippen LogP contribution >= 0.6 is 0 Å². The Morgan fingerprint density at radius 3 is 1.78 bits per heavy atom. The molecule has 3 aromatic rings. The van der Waals surface area contributed by atoms with E-state index in [0.717, 1.165) is 23.0 Å². The average Bonchev–Trinajstić information content (AvgIpc) is 2.95. The van der Waals surface area contributed by atoms with E-state index in [2.05, 4.69) is 67.6 Å². The Morgan fingerprint density at radius 1 is 0.756 bits per heavy atom. The monoisotopic (exact) mass is 569 g/mol. The molecule has 41 heavy (non-hydrogen) atoms. The van der Waals surface area contributed by atoms with Gasteiger partial charge in [-0.3, -0.25) is 4.79 Å². The zero-order chi connectivity index (χ0) is 28.6. The van der Waals surface area contributed by atoms with Crippen molar-refractivity contribution in [1.29, 1.82) is 0 Å². The van der Waals surface area contributed by atoms with Gasteiger partial charge in [-0.05, 0) is 110 Å². The molecule has 0 heterocycles. The molecule has 0 aromatic heterocycles. The van der Waals surface area contributed by atoms with E-state index in [0.29, 0.717) is 24.0 Å². The maximum Gasteiger partial charge on any atom is 0.344 e. The SMILES string of the molecule is Cc1cc([S+](c2ccccc2)c2ccccc2)cc(C)c1OCC(=O)OCC(=O)CC1(C)C2CC3CC(C2)CC1C3. The molecule has 4 fully saturated rings. The molecule has 4 saturated carbocycles. The van der Waals surface area contributed by atoms with Crippen LogP contribution in [0.2, 0.25) is 0 Å². The summed E-state index contributed by atoms with van der Waals surface area (Å²) in [6.07, 6.45) is 7.04. The smallest absolute Gasteiger partial charge is 0.344 e. The molecule has 0 aliphatic heterocycles. The Balaban J connectivity index is 1.07. The van der Waals surface area contributed by atoms with Gasteiger partial charge in [0.25, 0.3) is 0 Å². The lowest BCUT2D eigenvalue weighted by molar-refractivity contribution is -0.153. The zero-order valence-corrected chi connectivity index (χ0v) is 25.3. The molecular formula is C36H41O4S+. The van der Waals surface area contributed by atoms with Crippen molar-refractivity contribution in [1.82, 2.24) is 0 Å². The van der Waals surface area contributed by atoms with Crippen molar-refractivity contribution in [2.75, 3.05) is 13.2 Å². The molecule has 214 valence electrons. The highest BCUT2D eigenvalue weighted by Gasteiger charge is 2.55. The molecule has 0 radical (unpaired) electrons. The molecule has 0 N–H and O–H groups in total. The second-order valence-electron chi connectivity index (χ2n) is 12.8. The summed E-state index contributed by atoms with van der Waals surface area (Å²) >= 11 is 0. The highest BCUT2D eigenvalue weighted by atomic mass is 32.2. The molecule has 0 amide bonds. The second kappa shape index (κ2) is 11.7. The average molecular weight is 570 g/mol. The van der Waals surface area contributed by atoms with Crippen LogP contribution in [0.4, 0.5) is 0 Å². The van der Waals surface area contributed by atoms with Gasteiger partial charge in [-0.25, -0.2) is 4.79 Å². The van der Waals surface area contributed by atoms with E-state index in [1.807, 2.05) is 26.0 Å². The predicted octanol–water partition coefficient (Wildman–Crippen LogP) is 7.74. The fourth-order valence-electron chi connectivity index (χ4n) is 8.14. The van der Waals surface area contributed by atoms with Crippen LogP contribution in [-0.2, 0) is 25.2 Å². The predicted molar refractivity (Wildman–Crippen MR) is 162 cm³/mol. The number of aryl methyl sites for hydroxylation is 2. The maximum absolute atomic E-state index is 12.9.